The summed E-state index contributed by atoms with van der Waals surface area (Å²) in [7, 11) is 0. The van der Waals surface area contributed by atoms with E-state index in [9.17, 15) is 0 Å². The third kappa shape index (κ3) is 0.722. The van der Waals surface area contributed by atoms with Crippen molar-refractivity contribution in [1.29, 1.82) is 0 Å². The predicted molar refractivity (Wildman–Crippen MR) is 45.4 cm³/mol. The fourth-order valence-corrected chi connectivity index (χ4v) is 1.82. The minimum absolute atomic E-state index is 0.339. The normalized spacial score (nSPS) is 18.4. The Hall–Kier alpha value is -1.71. The van der Waals surface area contributed by atoms with E-state index in [0.29, 0.717) is 6.04 Å². The van der Waals surface area contributed by atoms with E-state index in [0.717, 1.165) is 0 Å². The zero-order chi connectivity index (χ0) is 8.84. The van der Waals surface area contributed by atoms with Gasteiger partial charge < -0.3 is 0 Å². The minimum Gasteiger partial charge on any atom is -0.264 e. The molecule has 0 bridgehead atoms. The van der Waals surface area contributed by atoms with Gasteiger partial charge in [-0.3, -0.25) is 4.98 Å². The molecule has 0 amide bonds. The lowest BCUT2D eigenvalue weighted by atomic mass is 10.1. The average molecular weight is 173 g/mol. The van der Waals surface area contributed by atoms with E-state index in [1.54, 1.807) is 6.20 Å². The summed E-state index contributed by atoms with van der Waals surface area (Å²) in [5.74, 6) is 0. The molecule has 0 radical (unpaired) electrons. The molecule has 64 valence electrons. The molecule has 1 aliphatic heterocycles. The number of pyridine rings is 1. The molecule has 0 aliphatic carbocycles. The quantitative estimate of drug-likeness (QED) is 0.543. The number of fused-ring (bicyclic) bond motifs is 3. The Labute approximate surface area is 75.5 Å². The molecule has 0 fully saturated rings. The first-order chi connectivity index (χ1) is 6.38. The maximum atomic E-state index is 4.12. The summed E-state index contributed by atoms with van der Waals surface area (Å²) in [5.41, 5.74) is 2.44. The molecule has 0 aromatic carbocycles. The van der Waals surface area contributed by atoms with Crippen molar-refractivity contribution < 1.29 is 4.68 Å². The van der Waals surface area contributed by atoms with Crippen molar-refractivity contribution >= 4 is 0 Å². The monoisotopic (exact) mass is 173 g/mol. The Balaban J connectivity index is 2.37. The Morgan fingerprint density at radius 1 is 1.46 bits per heavy atom. The third-order valence-electron chi connectivity index (χ3n) is 2.53. The second-order valence-electron chi connectivity index (χ2n) is 3.22. The lowest BCUT2D eigenvalue weighted by molar-refractivity contribution is -0.771. The van der Waals surface area contributed by atoms with E-state index in [-0.39, 0.29) is 0 Å². The molecule has 1 unspecified atom stereocenters. The molecule has 1 atom stereocenters. The molecule has 0 saturated carbocycles. The van der Waals surface area contributed by atoms with Crippen molar-refractivity contribution in [3.05, 3.63) is 36.7 Å². The summed E-state index contributed by atoms with van der Waals surface area (Å²) in [4.78, 5) is 8.22. The van der Waals surface area contributed by atoms with Crippen LogP contribution in [0.5, 0.6) is 0 Å². The van der Waals surface area contributed by atoms with E-state index in [1.807, 2.05) is 29.6 Å². The summed E-state index contributed by atoms with van der Waals surface area (Å²) in [6, 6.07) is 2.35. The standard InChI is InChI=1S/C9H9N4/c1-7-8-4-10-3-2-9(8)13-6-11-5-12(7)13/h2-7H,1H3/q+1. The van der Waals surface area contributed by atoms with Gasteiger partial charge in [-0.1, -0.05) is 0 Å². The Bertz CT molecular complexity index is 460. The van der Waals surface area contributed by atoms with Gasteiger partial charge in [-0.05, 0) is 18.0 Å². The average Bonchev–Trinajstić information content (AvgIpc) is 2.72. The van der Waals surface area contributed by atoms with Gasteiger partial charge in [0.15, 0.2) is 0 Å². The Morgan fingerprint density at radius 2 is 2.38 bits per heavy atom. The topological polar surface area (TPSA) is 34.6 Å². The molecule has 2 aromatic heterocycles. The van der Waals surface area contributed by atoms with Crippen molar-refractivity contribution in [1.82, 2.24) is 14.6 Å². The van der Waals surface area contributed by atoms with Crippen molar-refractivity contribution in [3.8, 4) is 5.69 Å². The maximum absolute atomic E-state index is 4.12. The van der Waals surface area contributed by atoms with Gasteiger partial charge >= 0.3 is 6.33 Å². The van der Waals surface area contributed by atoms with E-state index >= 15 is 0 Å². The molecule has 2 aromatic rings. The molecule has 3 heterocycles. The number of hydrogen-bond acceptors (Lipinski definition) is 2. The lowest BCUT2D eigenvalue weighted by Crippen LogP contribution is -2.39. The summed E-state index contributed by atoms with van der Waals surface area (Å²) in [5, 5.41) is 0. The highest BCUT2D eigenvalue weighted by Gasteiger charge is 2.29. The third-order valence-corrected chi connectivity index (χ3v) is 2.53. The van der Waals surface area contributed by atoms with Crippen molar-refractivity contribution in [2.24, 2.45) is 0 Å². The molecule has 13 heavy (non-hydrogen) atoms. The number of nitrogens with zero attached hydrogens (tertiary/aromatic N) is 4. The van der Waals surface area contributed by atoms with Gasteiger partial charge in [-0.2, -0.15) is 0 Å². The van der Waals surface area contributed by atoms with E-state index in [1.165, 1.54) is 11.3 Å². The highest BCUT2D eigenvalue weighted by Crippen LogP contribution is 2.23. The van der Waals surface area contributed by atoms with Crippen molar-refractivity contribution in [2.75, 3.05) is 0 Å². The van der Waals surface area contributed by atoms with Crippen LogP contribution in [0.3, 0.4) is 0 Å². The first-order valence-corrected chi connectivity index (χ1v) is 4.26. The van der Waals surface area contributed by atoms with Gasteiger partial charge in [0, 0.05) is 18.0 Å². The lowest BCUT2D eigenvalue weighted by Gasteiger charge is -1.97. The molecule has 3 rings (SSSR count). The SMILES string of the molecule is CC1c2cnccc2-n2cnc[n+]21. The number of aromatic nitrogens is 4. The second kappa shape index (κ2) is 2.16. The van der Waals surface area contributed by atoms with E-state index in [4.69, 9.17) is 0 Å². The molecule has 4 nitrogen and oxygen atoms in total. The van der Waals surface area contributed by atoms with Gasteiger partial charge in [0.2, 0.25) is 6.33 Å². The highest BCUT2D eigenvalue weighted by molar-refractivity contribution is 5.39. The van der Waals surface area contributed by atoms with Crippen LogP contribution in [0.15, 0.2) is 31.1 Å². The van der Waals surface area contributed by atoms with Crippen molar-refractivity contribution in [3.63, 3.8) is 0 Å². The zero-order valence-electron chi connectivity index (χ0n) is 7.25. The first kappa shape index (κ1) is 6.77. The first-order valence-electron chi connectivity index (χ1n) is 4.26. The summed E-state index contributed by atoms with van der Waals surface area (Å²) >= 11 is 0. The van der Waals surface area contributed by atoms with Gasteiger partial charge in [-0.15, -0.1) is 9.36 Å². The van der Waals surface area contributed by atoms with Crippen LogP contribution in [0.1, 0.15) is 18.5 Å². The van der Waals surface area contributed by atoms with Crippen LogP contribution < -0.4 is 4.68 Å². The molecular formula is C9H9N4+. The van der Waals surface area contributed by atoms with Crippen LogP contribution in [-0.2, 0) is 0 Å². The van der Waals surface area contributed by atoms with Gasteiger partial charge in [-0.25, -0.2) is 0 Å². The van der Waals surface area contributed by atoms with Crippen LogP contribution >= 0.6 is 0 Å². The molecule has 0 N–H and O–H groups in total. The molecular weight excluding hydrogens is 164 g/mol. The fourth-order valence-electron chi connectivity index (χ4n) is 1.82. The molecule has 0 spiro atoms. The van der Waals surface area contributed by atoms with Crippen LogP contribution in [0.25, 0.3) is 5.69 Å². The van der Waals surface area contributed by atoms with Gasteiger partial charge in [0.25, 0.3) is 0 Å². The zero-order valence-corrected chi connectivity index (χ0v) is 7.25. The molecule has 4 heteroatoms. The van der Waals surface area contributed by atoms with Gasteiger partial charge in [0.1, 0.15) is 6.04 Å². The van der Waals surface area contributed by atoms with Crippen LogP contribution in [0.2, 0.25) is 0 Å². The van der Waals surface area contributed by atoms with Crippen LogP contribution in [-0.4, -0.2) is 14.6 Å². The summed E-state index contributed by atoms with van der Waals surface area (Å²) in [6.45, 7) is 2.14. The predicted octanol–water partition coefficient (Wildman–Crippen LogP) is 0.477. The second-order valence-corrected chi connectivity index (χ2v) is 3.22. The van der Waals surface area contributed by atoms with Crippen LogP contribution in [0, 0.1) is 0 Å². The summed E-state index contributed by atoms with van der Waals surface area (Å²) in [6.07, 6.45) is 7.38. The number of rotatable bonds is 0. The fraction of sp³-hybridized carbons (Fsp3) is 0.222. The van der Waals surface area contributed by atoms with Crippen LogP contribution in [0.4, 0.5) is 0 Å². The summed E-state index contributed by atoms with van der Waals surface area (Å²) < 4.78 is 4.13. The Kier molecular flexibility index (Phi) is 1.12. The highest BCUT2D eigenvalue weighted by atomic mass is 15.5. The minimum atomic E-state index is 0.339. The largest absolute Gasteiger partial charge is 0.307 e. The molecule has 1 aliphatic rings. The van der Waals surface area contributed by atoms with Crippen molar-refractivity contribution in [2.45, 2.75) is 13.0 Å². The number of hydrogen-bond donors (Lipinski definition) is 0. The van der Waals surface area contributed by atoms with E-state index in [2.05, 4.69) is 21.6 Å². The maximum Gasteiger partial charge on any atom is 0.307 e. The van der Waals surface area contributed by atoms with E-state index < -0.39 is 0 Å². The van der Waals surface area contributed by atoms with Gasteiger partial charge in [0.05, 0.1) is 5.69 Å². The molecule has 0 saturated heterocycles. The Morgan fingerprint density at radius 3 is 3.31 bits per heavy atom. The smallest absolute Gasteiger partial charge is 0.264 e.